The minimum atomic E-state index is -0.438. The smallest absolute Gasteiger partial charge is 0.175 e. The Morgan fingerprint density at radius 1 is 1.08 bits per heavy atom. The summed E-state index contributed by atoms with van der Waals surface area (Å²) in [6.07, 6.45) is 9.34. The van der Waals surface area contributed by atoms with Gasteiger partial charge in [0.1, 0.15) is 11.6 Å². The number of nitrogens with zero attached hydrogens (tertiary/aromatic N) is 3. The highest BCUT2D eigenvalue weighted by atomic mass is 19.1. The molecular weight excluding hydrogens is 319 g/mol. The van der Waals surface area contributed by atoms with Crippen LogP contribution in [0.1, 0.15) is 30.7 Å². The zero-order valence-corrected chi connectivity index (χ0v) is 13.5. The quantitative estimate of drug-likeness (QED) is 0.768. The molecule has 0 radical (unpaired) electrons. The summed E-state index contributed by atoms with van der Waals surface area (Å²) >= 11 is 0. The molecular formula is C19H17FN4O. The molecule has 2 heterocycles. The maximum absolute atomic E-state index is 15.3. The average molecular weight is 336 g/mol. The summed E-state index contributed by atoms with van der Waals surface area (Å²) in [4.78, 5) is 12.2. The number of anilines is 1. The predicted octanol–water partition coefficient (Wildman–Crippen LogP) is 4.32. The van der Waals surface area contributed by atoms with E-state index in [1.807, 2.05) is 6.07 Å². The Bertz CT molecular complexity index is 880. The molecule has 6 heteroatoms. The van der Waals surface area contributed by atoms with Crippen molar-refractivity contribution in [3.05, 3.63) is 60.4 Å². The fourth-order valence-corrected chi connectivity index (χ4v) is 2.92. The van der Waals surface area contributed by atoms with E-state index in [4.69, 9.17) is 10.5 Å². The van der Waals surface area contributed by atoms with Crippen LogP contribution in [0.3, 0.4) is 0 Å². The van der Waals surface area contributed by atoms with Crippen molar-refractivity contribution in [3.63, 3.8) is 0 Å². The van der Waals surface area contributed by atoms with Crippen LogP contribution < -0.4 is 10.5 Å². The van der Waals surface area contributed by atoms with Gasteiger partial charge in [0.05, 0.1) is 24.3 Å². The van der Waals surface area contributed by atoms with E-state index in [-0.39, 0.29) is 5.75 Å². The number of hydrogen-bond donors (Lipinski definition) is 1. The summed E-state index contributed by atoms with van der Waals surface area (Å²) in [6.45, 7) is 0. The fraction of sp³-hybridized carbons (Fsp3) is 0.211. The van der Waals surface area contributed by atoms with E-state index in [0.717, 1.165) is 24.8 Å². The molecule has 1 fully saturated rings. The molecule has 2 N–H and O–H groups in total. The molecule has 1 aliphatic rings. The molecule has 0 amide bonds. The topological polar surface area (TPSA) is 73.9 Å². The number of pyridine rings is 1. The van der Waals surface area contributed by atoms with Crippen LogP contribution >= 0.6 is 0 Å². The van der Waals surface area contributed by atoms with E-state index in [2.05, 4.69) is 15.0 Å². The van der Waals surface area contributed by atoms with Crippen LogP contribution in [0, 0.1) is 5.82 Å². The molecule has 0 aliphatic heterocycles. The minimum absolute atomic E-state index is 0.244. The van der Waals surface area contributed by atoms with Crippen molar-refractivity contribution in [1.82, 2.24) is 15.0 Å². The first kappa shape index (κ1) is 15.5. The standard InChI is InChI=1S/C19H17FN4O/c20-18-15(16-10-24-17(21)11-23-16)7-6-14(12-3-1-4-12)19(18)25-13-5-2-8-22-9-13/h2,5-12H,1,3-4H2,(H2,21,24). The van der Waals surface area contributed by atoms with Gasteiger partial charge in [-0.1, -0.05) is 12.5 Å². The van der Waals surface area contributed by atoms with E-state index >= 15 is 4.39 Å². The fourth-order valence-electron chi connectivity index (χ4n) is 2.92. The van der Waals surface area contributed by atoms with Gasteiger partial charge in [-0.05, 0) is 37.0 Å². The van der Waals surface area contributed by atoms with Crippen molar-refractivity contribution in [1.29, 1.82) is 0 Å². The lowest BCUT2D eigenvalue weighted by molar-refractivity contribution is 0.384. The largest absolute Gasteiger partial charge is 0.452 e. The molecule has 25 heavy (non-hydrogen) atoms. The number of halogens is 1. The third-order valence-electron chi connectivity index (χ3n) is 4.47. The molecule has 0 bridgehead atoms. The van der Waals surface area contributed by atoms with Gasteiger partial charge in [-0.3, -0.25) is 9.97 Å². The maximum Gasteiger partial charge on any atom is 0.175 e. The van der Waals surface area contributed by atoms with Gasteiger partial charge in [-0.2, -0.15) is 0 Å². The van der Waals surface area contributed by atoms with Crippen LogP contribution in [0.5, 0.6) is 11.5 Å². The summed E-state index contributed by atoms with van der Waals surface area (Å²) in [6, 6.07) is 7.17. The molecule has 0 unspecified atom stereocenters. The summed E-state index contributed by atoms with van der Waals surface area (Å²) in [7, 11) is 0. The van der Waals surface area contributed by atoms with Gasteiger partial charge in [0.25, 0.3) is 0 Å². The first-order chi connectivity index (χ1) is 12.2. The maximum atomic E-state index is 15.3. The Morgan fingerprint density at radius 2 is 1.96 bits per heavy atom. The Labute approximate surface area is 144 Å². The molecule has 3 aromatic rings. The molecule has 4 rings (SSSR count). The number of nitrogens with two attached hydrogens (primary N) is 1. The minimum Gasteiger partial charge on any atom is -0.452 e. The Morgan fingerprint density at radius 3 is 2.60 bits per heavy atom. The third-order valence-corrected chi connectivity index (χ3v) is 4.47. The Balaban J connectivity index is 1.79. The Hall–Kier alpha value is -3.02. The SMILES string of the molecule is Nc1cnc(-c2ccc(C3CCC3)c(Oc3cccnc3)c2F)cn1. The molecule has 1 aromatic carbocycles. The number of hydrogen-bond acceptors (Lipinski definition) is 5. The third kappa shape index (κ3) is 3.03. The predicted molar refractivity (Wildman–Crippen MR) is 92.7 cm³/mol. The molecule has 1 saturated carbocycles. The van der Waals surface area contributed by atoms with Crippen LogP contribution in [0.15, 0.2) is 49.1 Å². The van der Waals surface area contributed by atoms with Gasteiger partial charge in [0, 0.05) is 17.3 Å². The molecule has 1 aliphatic carbocycles. The van der Waals surface area contributed by atoms with Crippen LogP contribution in [0.25, 0.3) is 11.3 Å². The average Bonchev–Trinajstić information content (AvgIpc) is 2.59. The summed E-state index contributed by atoms with van der Waals surface area (Å²) in [5, 5.41) is 0. The van der Waals surface area contributed by atoms with Crippen LogP contribution in [0.4, 0.5) is 10.2 Å². The van der Waals surface area contributed by atoms with Crippen molar-refractivity contribution in [3.8, 4) is 22.8 Å². The Kier molecular flexibility index (Phi) is 4.01. The van der Waals surface area contributed by atoms with E-state index in [1.54, 1.807) is 30.6 Å². The number of aromatic nitrogens is 3. The van der Waals surface area contributed by atoms with E-state index in [1.165, 1.54) is 12.4 Å². The van der Waals surface area contributed by atoms with Gasteiger partial charge in [0.15, 0.2) is 11.6 Å². The van der Waals surface area contributed by atoms with Crippen LogP contribution in [-0.2, 0) is 0 Å². The van der Waals surface area contributed by atoms with Gasteiger partial charge in [-0.25, -0.2) is 9.37 Å². The van der Waals surface area contributed by atoms with E-state index in [0.29, 0.717) is 28.7 Å². The molecule has 5 nitrogen and oxygen atoms in total. The van der Waals surface area contributed by atoms with E-state index < -0.39 is 5.82 Å². The van der Waals surface area contributed by atoms with Crippen molar-refractivity contribution in [2.75, 3.05) is 5.73 Å². The lowest BCUT2D eigenvalue weighted by atomic mass is 9.79. The molecule has 0 saturated heterocycles. The second-order valence-electron chi connectivity index (χ2n) is 6.09. The zero-order chi connectivity index (χ0) is 17.2. The molecule has 0 atom stereocenters. The summed E-state index contributed by atoms with van der Waals surface area (Å²) in [5.74, 6) is 0.929. The van der Waals surface area contributed by atoms with Crippen molar-refractivity contribution >= 4 is 5.82 Å². The first-order valence-corrected chi connectivity index (χ1v) is 8.20. The second kappa shape index (κ2) is 6.47. The van der Waals surface area contributed by atoms with Gasteiger partial charge in [-0.15, -0.1) is 0 Å². The molecule has 126 valence electrons. The number of ether oxygens (including phenoxy) is 1. The highest BCUT2D eigenvalue weighted by molar-refractivity contribution is 5.64. The van der Waals surface area contributed by atoms with Gasteiger partial charge >= 0.3 is 0 Å². The van der Waals surface area contributed by atoms with E-state index in [9.17, 15) is 0 Å². The van der Waals surface area contributed by atoms with Crippen LogP contribution in [-0.4, -0.2) is 15.0 Å². The van der Waals surface area contributed by atoms with Gasteiger partial charge in [0.2, 0.25) is 0 Å². The van der Waals surface area contributed by atoms with Crippen molar-refractivity contribution in [2.24, 2.45) is 0 Å². The monoisotopic (exact) mass is 336 g/mol. The number of nitrogen functional groups attached to an aromatic ring is 1. The van der Waals surface area contributed by atoms with Crippen LogP contribution in [0.2, 0.25) is 0 Å². The normalized spacial score (nSPS) is 14.1. The lowest BCUT2D eigenvalue weighted by Gasteiger charge is -2.28. The summed E-state index contributed by atoms with van der Waals surface area (Å²) < 4.78 is 21.2. The highest BCUT2D eigenvalue weighted by Crippen LogP contribution is 2.44. The van der Waals surface area contributed by atoms with Gasteiger partial charge < -0.3 is 10.5 Å². The van der Waals surface area contributed by atoms with Crippen molar-refractivity contribution in [2.45, 2.75) is 25.2 Å². The lowest BCUT2D eigenvalue weighted by Crippen LogP contribution is -2.11. The molecule has 0 spiro atoms. The second-order valence-corrected chi connectivity index (χ2v) is 6.09. The molecule has 2 aromatic heterocycles. The highest BCUT2D eigenvalue weighted by Gasteiger charge is 2.27. The number of rotatable bonds is 4. The van der Waals surface area contributed by atoms with Crippen molar-refractivity contribution < 1.29 is 9.13 Å². The summed E-state index contributed by atoms with van der Waals surface area (Å²) in [5.41, 5.74) is 7.22. The first-order valence-electron chi connectivity index (χ1n) is 8.20. The number of benzene rings is 1. The zero-order valence-electron chi connectivity index (χ0n) is 13.5.